The van der Waals surface area contributed by atoms with Crippen LogP contribution < -0.4 is 0 Å². The van der Waals surface area contributed by atoms with Crippen LogP contribution in [-0.2, 0) is 65.4 Å². The summed E-state index contributed by atoms with van der Waals surface area (Å²) in [5, 5.41) is 10.6. The molecular formula is C85H146O17P2. The molecule has 0 bridgehead atoms. The van der Waals surface area contributed by atoms with Crippen LogP contribution >= 0.6 is 15.6 Å². The van der Waals surface area contributed by atoms with Crippen LogP contribution in [0, 0.1) is 0 Å². The van der Waals surface area contributed by atoms with Crippen molar-refractivity contribution >= 4 is 39.5 Å². The Morgan fingerprint density at radius 2 is 0.490 bits per heavy atom. The number of phosphoric ester groups is 2. The molecule has 19 heteroatoms. The highest BCUT2D eigenvalue weighted by atomic mass is 31.2. The number of aliphatic hydroxyl groups excluding tert-OH is 1. The van der Waals surface area contributed by atoms with Crippen LogP contribution in [-0.4, -0.2) is 96.7 Å². The number of hydrogen-bond acceptors (Lipinski definition) is 15. The number of allylic oxidation sites excluding steroid dienone is 20. The van der Waals surface area contributed by atoms with Gasteiger partial charge in [0.2, 0.25) is 0 Å². The zero-order chi connectivity index (χ0) is 76.0. The fourth-order valence-corrected chi connectivity index (χ4v) is 12.3. The topological polar surface area (TPSA) is 237 Å². The van der Waals surface area contributed by atoms with E-state index in [9.17, 15) is 43.2 Å². The van der Waals surface area contributed by atoms with E-state index in [-0.39, 0.29) is 25.7 Å². The standard InChI is InChI=1S/C85H146O17P2/c1-5-9-13-17-21-25-29-33-35-37-39-41-43-47-50-54-58-62-66-70-83(88)96-76-80(101-84(89)71-67-63-59-55-51-46-32-28-24-20-16-12-8-4)77-99-103(91,92)97-73-79(86)74-98-104(93,94)100-78-81(75-95-82(87)69-65-61-57-53-49-45-31-27-23-19-15-11-7-3)102-85(90)72-68-64-60-56-52-48-44-42-40-38-36-34-30-26-22-18-14-10-6-2/h21-22,25-26,33-36,39-42,47-48,50,52,58,60,62,64,79-81,86H,5-20,23-24,27-32,37-38,43-46,49,51,53-57,59,61,63,65-78H2,1-4H3,(H,91,92)(H,93,94)/b25-21-,26-22-,35-33-,36-34-,41-39-,42-40-,50-47-,52-48-,62-58-,64-60-/t79-,80-,81-/m1/s1. The van der Waals surface area contributed by atoms with Crippen LogP contribution in [0.3, 0.4) is 0 Å². The molecule has 598 valence electrons. The average Bonchev–Trinajstić information content (AvgIpc) is 0.926. The highest BCUT2D eigenvalue weighted by Gasteiger charge is 2.30. The van der Waals surface area contributed by atoms with Gasteiger partial charge < -0.3 is 33.8 Å². The SMILES string of the molecule is CCCCC/C=C\C/C=C\C/C=C\C/C=C\C/C=C\CCC(=O)OC[C@H](COP(=O)(O)OC[C@@H](O)COP(=O)(O)OC[C@@H](COC(=O)CCCCCCCCCCCCCCC)OC(=O)CC/C=C\C/C=C\C/C=C\C/C=C\C/C=C\CCCCC)OC(=O)CCCCCCCCCCCCCCC. The Hall–Kier alpha value is -4.54. The highest BCUT2D eigenvalue weighted by molar-refractivity contribution is 7.47. The molecule has 0 rings (SSSR count). The van der Waals surface area contributed by atoms with Crippen LogP contribution in [0.4, 0.5) is 0 Å². The molecule has 0 saturated heterocycles. The summed E-state index contributed by atoms with van der Waals surface area (Å²) in [4.78, 5) is 72.9. The van der Waals surface area contributed by atoms with E-state index in [1.807, 2.05) is 30.4 Å². The Bertz CT molecular complexity index is 2440. The summed E-state index contributed by atoms with van der Waals surface area (Å²) in [5.74, 6) is -2.35. The van der Waals surface area contributed by atoms with Crippen molar-refractivity contribution in [3.05, 3.63) is 122 Å². The summed E-state index contributed by atoms with van der Waals surface area (Å²) < 4.78 is 68.5. The Morgan fingerprint density at radius 1 is 0.269 bits per heavy atom. The number of phosphoric acid groups is 2. The molecule has 0 aliphatic rings. The van der Waals surface area contributed by atoms with Gasteiger partial charge in [0.15, 0.2) is 12.2 Å². The number of hydrogen-bond donors (Lipinski definition) is 3. The van der Waals surface area contributed by atoms with Gasteiger partial charge in [-0.25, -0.2) is 9.13 Å². The fraction of sp³-hybridized carbons (Fsp3) is 0.718. The van der Waals surface area contributed by atoms with E-state index >= 15 is 0 Å². The van der Waals surface area contributed by atoms with Crippen LogP contribution in [0.5, 0.6) is 0 Å². The molecule has 0 amide bonds. The summed E-state index contributed by atoms with van der Waals surface area (Å²) in [6.45, 7) is 4.68. The van der Waals surface area contributed by atoms with E-state index in [0.717, 1.165) is 103 Å². The fourth-order valence-electron chi connectivity index (χ4n) is 10.7. The maximum Gasteiger partial charge on any atom is 0.472 e. The molecule has 3 N–H and O–H groups in total. The van der Waals surface area contributed by atoms with Crippen molar-refractivity contribution in [1.29, 1.82) is 0 Å². The lowest BCUT2D eigenvalue weighted by atomic mass is 10.0. The van der Waals surface area contributed by atoms with Crippen molar-refractivity contribution in [3.63, 3.8) is 0 Å². The van der Waals surface area contributed by atoms with E-state index < -0.39 is 97.5 Å². The number of carbonyl (C=O) groups excluding carboxylic acids is 4. The number of rotatable bonds is 76. The molecule has 2 unspecified atom stereocenters. The van der Waals surface area contributed by atoms with Crippen molar-refractivity contribution in [2.24, 2.45) is 0 Å². The summed E-state index contributed by atoms with van der Waals surface area (Å²) >= 11 is 0. The third kappa shape index (κ3) is 75.7. The molecule has 5 atom stereocenters. The third-order valence-corrected chi connectivity index (χ3v) is 18.9. The minimum Gasteiger partial charge on any atom is -0.462 e. The Balaban J connectivity index is 5.46. The molecule has 0 radical (unpaired) electrons. The zero-order valence-corrected chi connectivity index (χ0v) is 67.2. The normalized spacial score (nSPS) is 14.5. The number of esters is 4. The molecule has 0 aromatic rings. The predicted molar refractivity (Wildman–Crippen MR) is 427 cm³/mol. The lowest BCUT2D eigenvalue weighted by Gasteiger charge is -2.21. The predicted octanol–water partition coefficient (Wildman–Crippen LogP) is 23.9. The van der Waals surface area contributed by atoms with Crippen molar-refractivity contribution in [3.8, 4) is 0 Å². The summed E-state index contributed by atoms with van der Waals surface area (Å²) in [6, 6.07) is 0. The Labute approximate surface area is 632 Å². The minimum atomic E-state index is -5.00. The maximum atomic E-state index is 13.1. The first-order valence-electron chi connectivity index (χ1n) is 40.8. The van der Waals surface area contributed by atoms with Gasteiger partial charge in [-0.2, -0.15) is 0 Å². The second-order valence-electron chi connectivity index (χ2n) is 27.0. The summed E-state index contributed by atoms with van der Waals surface area (Å²) in [7, 11) is -10.00. The van der Waals surface area contributed by atoms with E-state index in [0.29, 0.717) is 38.5 Å². The quantitative estimate of drug-likeness (QED) is 0.0169. The minimum absolute atomic E-state index is 0.0295. The van der Waals surface area contributed by atoms with E-state index in [4.69, 9.17) is 37.0 Å². The lowest BCUT2D eigenvalue weighted by molar-refractivity contribution is -0.161. The van der Waals surface area contributed by atoms with Crippen molar-refractivity contribution in [2.45, 2.75) is 354 Å². The smallest absolute Gasteiger partial charge is 0.462 e. The van der Waals surface area contributed by atoms with Gasteiger partial charge in [-0.15, -0.1) is 0 Å². The van der Waals surface area contributed by atoms with Gasteiger partial charge in [0.1, 0.15) is 19.3 Å². The van der Waals surface area contributed by atoms with Gasteiger partial charge in [0.05, 0.1) is 26.4 Å². The van der Waals surface area contributed by atoms with Crippen molar-refractivity contribution in [2.75, 3.05) is 39.6 Å². The monoisotopic (exact) mass is 1500 g/mol. The van der Waals surface area contributed by atoms with E-state index in [2.05, 4.69) is 119 Å². The van der Waals surface area contributed by atoms with Crippen LogP contribution in [0.15, 0.2) is 122 Å². The highest BCUT2D eigenvalue weighted by Crippen LogP contribution is 2.45. The number of aliphatic hydroxyl groups is 1. The molecule has 0 heterocycles. The van der Waals surface area contributed by atoms with Gasteiger partial charge in [-0.3, -0.25) is 37.3 Å². The van der Waals surface area contributed by atoms with Gasteiger partial charge in [0.25, 0.3) is 0 Å². The van der Waals surface area contributed by atoms with Crippen LogP contribution in [0.1, 0.15) is 336 Å². The maximum absolute atomic E-state index is 13.1. The average molecular weight is 1500 g/mol. The Kier molecular flexibility index (Phi) is 73.3. The van der Waals surface area contributed by atoms with Crippen molar-refractivity contribution in [1.82, 2.24) is 0 Å². The van der Waals surface area contributed by atoms with Gasteiger partial charge in [0, 0.05) is 25.7 Å². The summed E-state index contributed by atoms with van der Waals surface area (Å²) in [5.41, 5.74) is 0. The first kappa shape index (κ1) is 99.5. The zero-order valence-electron chi connectivity index (χ0n) is 65.4. The van der Waals surface area contributed by atoms with Gasteiger partial charge in [-0.1, -0.05) is 329 Å². The number of ether oxygens (including phenoxy) is 4. The van der Waals surface area contributed by atoms with Gasteiger partial charge in [-0.05, 0) is 103 Å². The second kappa shape index (κ2) is 76.6. The van der Waals surface area contributed by atoms with E-state index in [1.54, 1.807) is 0 Å². The van der Waals surface area contributed by atoms with E-state index in [1.165, 1.54) is 141 Å². The molecule has 0 aromatic carbocycles. The first-order valence-corrected chi connectivity index (χ1v) is 43.8. The molecule has 0 aromatic heterocycles. The largest absolute Gasteiger partial charge is 0.472 e. The molecule has 0 aliphatic heterocycles. The first-order chi connectivity index (χ1) is 50.7. The summed E-state index contributed by atoms with van der Waals surface area (Å²) in [6.07, 6.45) is 84.9. The second-order valence-corrected chi connectivity index (χ2v) is 29.9. The number of carbonyl (C=O) groups is 4. The number of unbranched alkanes of at least 4 members (excludes halogenated alkanes) is 30. The lowest BCUT2D eigenvalue weighted by Crippen LogP contribution is -2.30. The van der Waals surface area contributed by atoms with Gasteiger partial charge >= 0.3 is 39.5 Å². The molecule has 0 spiro atoms. The molecular weight excluding hydrogens is 1350 g/mol. The Morgan fingerprint density at radius 3 is 0.798 bits per heavy atom. The van der Waals surface area contributed by atoms with Crippen molar-refractivity contribution < 1.29 is 80.2 Å². The third-order valence-electron chi connectivity index (χ3n) is 17.0. The van der Waals surface area contributed by atoms with Crippen LogP contribution in [0.25, 0.3) is 0 Å². The van der Waals surface area contributed by atoms with Crippen LogP contribution in [0.2, 0.25) is 0 Å². The molecule has 0 saturated carbocycles. The molecule has 17 nitrogen and oxygen atoms in total. The molecule has 104 heavy (non-hydrogen) atoms. The molecule has 0 aliphatic carbocycles. The molecule has 0 fully saturated rings.